The van der Waals surface area contributed by atoms with E-state index in [2.05, 4.69) is 47.2 Å². The molecule has 1 atom stereocenters. The Morgan fingerprint density at radius 1 is 1.33 bits per heavy atom. The first-order valence-corrected chi connectivity index (χ1v) is 8.47. The largest absolute Gasteiger partial charge is 0.496 e. The van der Waals surface area contributed by atoms with Crippen molar-refractivity contribution in [2.24, 2.45) is 0 Å². The van der Waals surface area contributed by atoms with Gasteiger partial charge in [-0.25, -0.2) is 0 Å². The number of nitrogens with one attached hydrogen (secondary N) is 1. The van der Waals surface area contributed by atoms with Gasteiger partial charge in [0.15, 0.2) is 0 Å². The lowest BCUT2D eigenvalue weighted by molar-refractivity contribution is -0.0838. The van der Waals surface area contributed by atoms with Gasteiger partial charge in [-0.3, -0.25) is 0 Å². The molecule has 118 valence electrons. The third-order valence-corrected chi connectivity index (χ3v) is 5.47. The summed E-state index contributed by atoms with van der Waals surface area (Å²) in [5, 5.41) is 3.60. The molecular formula is C17H26BrNO2. The van der Waals surface area contributed by atoms with E-state index in [0.717, 1.165) is 36.0 Å². The lowest BCUT2D eigenvalue weighted by Crippen LogP contribution is -2.43. The number of hydrogen-bond acceptors (Lipinski definition) is 3. The van der Waals surface area contributed by atoms with Crippen molar-refractivity contribution in [1.29, 1.82) is 0 Å². The second-order valence-corrected chi connectivity index (χ2v) is 6.75. The molecule has 1 aliphatic rings. The molecule has 1 unspecified atom stereocenters. The normalized spacial score (nSPS) is 18.1. The number of halogens is 1. The summed E-state index contributed by atoms with van der Waals surface area (Å²) in [4.78, 5) is 0. The molecule has 0 saturated heterocycles. The summed E-state index contributed by atoms with van der Waals surface area (Å²) < 4.78 is 12.5. The number of hydrogen-bond donors (Lipinski definition) is 1. The first kappa shape index (κ1) is 16.8. The fourth-order valence-electron chi connectivity index (χ4n) is 3.09. The monoisotopic (exact) mass is 355 g/mol. The summed E-state index contributed by atoms with van der Waals surface area (Å²) in [6.45, 7) is 5.16. The van der Waals surface area contributed by atoms with Gasteiger partial charge in [0.2, 0.25) is 0 Å². The Balaban J connectivity index is 2.31. The van der Waals surface area contributed by atoms with Crippen molar-refractivity contribution in [2.45, 2.75) is 51.2 Å². The Labute approximate surface area is 136 Å². The zero-order valence-corrected chi connectivity index (χ0v) is 15.0. The van der Waals surface area contributed by atoms with Crippen LogP contribution in [0.2, 0.25) is 0 Å². The van der Waals surface area contributed by atoms with Crippen LogP contribution in [0.3, 0.4) is 0 Å². The fourth-order valence-corrected chi connectivity index (χ4v) is 3.45. The molecule has 1 aliphatic carbocycles. The average molecular weight is 356 g/mol. The van der Waals surface area contributed by atoms with E-state index in [4.69, 9.17) is 9.47 Å². The average Bonchev–Trinajstić information content (AvgIpc) is 2.44. The Morgan fingerprint density at radius 2 is 2.05 bits per heavy atom. The molecular weight excluding hydrogens is 330 g/mol. The van der Waals surface area contributed by atoms with Gasteiger partial charge in [0.05, 0.1) is 12.7 Å². The lowest BCUT2D eigenvalue weighted by atomic mass is 9.74. The van der Waals surface area contributed by atoms with Crippen molar-refractivity contribution in [3.63, 3.8) is 0 Å². The molecule has 4 heteroatoms. The number of aryl methyl sites for hydroxylation is 1. The summed E-state index contributed by atoms with van der Waals surface area (Å²) in [5.41, 5.74) is 2.44. The van der Waals surface area contributed by atoms with Crippen molar-refractivity contribution in [1.82, 2.24) is 5.32 Å². The predicted molar refractivity (Wildman–Crippen MR) is 90.1 cm³/mol. The van der Waals surface area contributed by atoms with E-state index >= 15 is 0 Å². The van der Waals surface area contributed by atoms with Gasteiger partial charge in [0, 0.05) is 23.2 Å². The number of benzene rings is 1. The smallest absolute Gasteiger partial charge is 0.123 e. The van der Waals surface area contributed by atoms with Gasteiger partial charge in [-0.2, -0.15) is 0 Å². The van der Waals surface area contributed by atoms with E-state index in [1.165, 1.54) is 17.5 Å². The molecule has 0 heterocycles. The molecule has 1 aromatic rings. The summed E-state index contributed by atoms with van der Waals surface area (Å²) >= 11 is 3.64. The van der Waals surface area contributed by atoms with Crippen LogP contribution < -0.4 is 10.1 Å². The van der Waals surface area contributed by atoms with Crippen molar-refractivity contribution in [3.8, 4) is 5.75 Å². The number of rotatable bonds is 7. The highest BCUT2D eigenvalue weighted by atomic mass is 79.9. The van der Waals surface area contributed by atoms with E-state index in [-0.39, 0.29) is 11.6 Å². The zero-order valence-electron chi connectivity index (χ0n) is 13.5. The Bertz CT molecular complexity index is 480. The van der Waals surface area contributed by atoms with E-state index in [1.54, 1.807) is 7.11 Å². The molecule has 0 aliphatic heterocycles. The minimum Gasteiger partial charge on any atom is -0.496 e. The van der Waals surface area contributed by atoms with Gasteiger partial charge in [0.25, 0.3) is 0 Å². The molecule has 1 N–H and O–H groups in total. The zero-order chi connectivity index (χ0) is 15.5. The molecule has 1 aromatic carbocycles. The van der Waals surface area contributed by atoms with E-state index in [9.17, 15) is 0 Å². The summed E-state index contributed by atoms with van der Waals surface area (Å²) in [5.74, 6) is 0.951. The third kappa shape index (κ3) is 3.61. The van der Waals surface area contributed by atoms with Crippen LogP contribution in [0.25, 0.3) is 0 Å². The molecule has 0 amide bonds. The first-order chi connectivity index (χ1) is 10.0. The topological polar surface area (TPSA) is 30.5 Å². The third-order valence-electron chi connectivity index (χ3n) is 4.61. The van der Waals surface area contributed by atoms with Gasteiger partial charge < -0.3 is 14.8 Å². The molecule has 0 aromatic heterocycles. The molecule has 1 fully saturated rings. The lowest BCUT2D eigenvalue weighted by Gasteiger charge is -2.43. The predicted octanol–water partition coefficient (Wildman–Crippen LogP) is 4.38. The van der Waals surface area contributed by atoms with Crippen molar-refractivity contribution >= 4 is 15.9 Å². The minimum atomic E-state index is 0.0369. The summed E-state index contributed by atoms with van der Waals surface area (Å²) in [6, 6.07) is 4.54. The van der Waals surface area contributed by atoms with E-state index < -0.39 is 0 Å². The standard InChI is InChI=1S/C17H26BrNO2/c1-5-19-15(11-17(21-4)7-6-8-17)13-10-14(18)12(2)9-16(13)20-3/h9-10,15,19H,5-8,11H2,1-4H3. The Kier molecular flexibility index (Phi) is 5.69. The Hall–Kier alpha value is -0.580. The molecule has 0 bridgehead atoms. The Morgan fingerprint density at radius 3 is 2.52 bits per heavy atom. The summed E-state index contributed by atoms with van der Waals surface area (Å²) in [6.07, 6.45) is 4.56. The van der Waals surface area contributed by atoms with Gasteiger partial charge in [-0.05, 0) is 56.8 Å². The minimum absolute atomic E-state index is 0.0369. The van der Waals surface area contributed by atoms with Crippen LogP contribution >= 0.6 is 15.9 Å². The maximum atomic E-state index is 5.81. The maximum Gasteiger partial charge on any atom is 0.123 e. The highest BCUT2D eigenvalue weighted by Crippen LogP contribution is 2.43. The van der Waals surface area contributed by atoms with Crippen LogP contribution in [-0.2, 0) is 4.74 Å². The molecule has 0 spiro atoms. The quantitative estimate of drug-likeness (QED) is 0.787. The second kappa shape index (κ2) is 7.12. The van der Waals surface area contributed by atoms with Crippen LogP contribution in [0.1, 0.15) is 49.8 Å². The van der Waals surface area contributed by atoms with Gasteiger partial charge in [-0.1, -0.05) is 22.9 Å². The first-order valence-electron chi connectivity index (χ1n) is 7.68. The van der Waals surface area contributed by atoms with Crippen LogP contribution in [-0.4, -0.2) is 26.4 Å². The van der Waals surface area contributed by atoms with Crippen LogP contribution in [0.4, 0.5) is 0 Å². The fraction of sp³-hybridized carbons (Fsp3) is 0.647. The number of methoxy groups -OCH3 is 2. The highest BCUT2D eigenvalue weighted by molar-refractivity contribution is 9.10. The van der Waals surface area contributed by atoms with E-state index in [1.807, 2.05) is 7.11 Å². The molecule has 3 nitrogen and oxygen atoms in total. The second-order valence-electron chi connectivity index (χ2n) is 5.90. The molecule has 21 heavy (non-hydrogen) atoms. The molecule has 2 rings (SSSR count). The number of ether oxygens (including phenoxy) is 2. The summed E-state index contributed by atoms with van der Waals surface area (Å²) in [7, 11) is 3.58. The van der Waals surface area contributed by atoms with Crippen LogP contribution in [0.5, 0.6) is 5.75 Å². The van der Waals surface area contributed by atoms with Crippen molar-refractivity contribution < 1.29 is 9.47 Å². The van der Waals surface area contributed by atoms with Crippen LogP contribution in [0.15, 0.2) is 16.6 Å². The SMILES string of the molecule is CCNC(CC1(OC)CCC1)c1cc(Br)c(C)cc1OC. The van der Waals surface area contributed by atoms with Gasteiger partial charge in [-0.15, -0.1) is 0 Å². The van der Waals surface area contributed by atoms with Gasteiger partial charge in [0.1, 0.15) is 5.75 Å². The molecule has 0 radical (unpaired) electrons. The highest BCUT2D eigenvalue weighted by Gasteiger charge is 2.39. The van der Waals surface area contributed by atoms with Crippen molar-refractivity contribution in [3.05, 3.63) is 27.7 Å². The molecule has 1 saturated carbocycles. The maximum absolute atomic E-state index is 5.81. The van der Waals surface area contributed by atoms with Crippen LogP contribution in [0, 0.1) is 6.92 Å². The van der Waals surface area contributed by atoms with E-state index in [0.29, 0.717) is 0 Å². The van der Waals surface area contributed by atoms with Gasteiger partial charge >= 0.3 is 0 Å². The van der Waals surface area contributed by atoms with Crippen molar-refractivity contribution in [2.75, 3.05) is 20.8 Å².